The fourth-order valence-electron chi connectivity index (χ4n) is 2.57. The van der Waals surface area contributed by atoms with Crippen LogP contribution in [0.2, 0.25) is 0 Å². The molecule has 16 heavy (non-hydrogen) atoms. The molecule has 1 aliphatic carbocycles. The van der Waals surface area contributed by atoms with Crippen LogP contribution in [0.15, 0.2) is 24.3 Å². The molecule has 1 nitrogen and oxygen atoms in total. The average Bonchev–Trinajstić information content (AvgIpc) is 2.30. The molecule has 0 aliphatic heterocycles. The zero-order valence-corrected chi connectivity index (χ0v) is 10.5. The maximum Gasteiger partial charge on any atom is 0.0208 e. The molecule has 1 saturated carbocycles. The van der Waals surface area contributed by atoms with Crippen molar-refractivity contribution in [3.8, 4) is 0 Å². The van der Waals surface area contributed by atoms with Crippen LogP contribution in [0.3, 0.4) is 0 Å². The van der Waals surface area contributed by atoms with Crippen molar-refractivity contribution >= 4 is 0 Å². The Morgan fingerprint density at radius 2 is 1.81 bits per heavy atom. The van der Waals surface area contributed by atoms with Crippen molar-refractivity contribution in [2.45, 2.75) is 52.1 Å². The van der Waals surface area contributed by atoms with Crippen molar-refractivity contribution in [2.24, 2.45) is 5.92 Å². The van der Waals surface area contributed by atoms with Gasteiger partial charge < -0.3 is 5.32 Å². The van der Waals surface area contributed by atoms with E-state index in [1.54, 1.807) is 0 Å². The first-order valence-corrected chi connectivity index (χ1v) is 6.54. The number of hydrogen-bond acceptors (Lipinski definition) is 1. The highest BCUT2D eigenvalue weighted by molar-refractivity contribution is 5.21. The zero-order chi connectivity index (χ0) is 11.4. The lowest BCUT2D eigenvalue weighted by Crippen LogP contribution is -2.36. The van der Waals surface area contributed by atoms with E-state index in [4.69, 9.17) is 0 Å². The smallest absolute Gasteiger partial charge is 0.0208 e. The van der Waals surface area contributed by atoms with Crippen LogP contribution in [0, 0.1) is 12.8 Å². The van der Waals surface area contributed by atoms with E-state index >= 15 is 0 Å². The minimum Gasteiger partial charge on any atom is -0.310 e. The van der Waals surface area contributed by atoms with Gasteiger partial charge in [0.1, 0.15) is 0 Å². The number of benzene rings is 1. The fourth-order valence-corrected chi connectivity index (χ4v) is 2.57. The van der Waals surface area contributed by atoms with Gasteiger partial charge in [-0.05, 0) is 31.2 Å². The van der Waals surface area contributed by atoms with Crippen LogP contribution in [0.5, 0.6) is 0 Å². The van der Waals surface area contributed by atoms with E-state index < -0.39 is 0 Å². The van der Waals surface area contributed by atoms with Crippen LogP contribution in [-0.4, -0.2) is 6.04 Å². The van der Waals surface area contributed by atoms with Crippen LogP contribution >= 0.6 is 0 Å². The molecule has 0 radical (unpaired) electrons. The van der Waals surface area contributed by atoms with E-state index in [0.717, 1.165) is 18.5 Å². The predicted octanol–water partition coefficient (Wildman–Crippen LogP) is 3.66. The SMILES string of the molecule is Cc1ccc(CNC2CCCCC2C)cc1. The monoisotopic (exact) mass is 217 g/mol. The Morgan fingerprint density at radius 1 is 1.12 bits per heavy atom. The molecule has 1 aliphatic rings. The van der Waals surface area contributed by atoms with Gasteiger partial charge >= 0.3 is 0 Å². The van der Waals surface area contributed by atoms with Gasteiger partial charge in [0, 0.05) is 12.6 Å². The number of nitrogens with one attached hydrogen (secondary N) is 1. The molecule has 2 unspecified atom stereocenters. The zero-order valence-electron chi connectivity index (χ0n) is 10.5. The quantitative estimate of drug-likeness (QED) is 0.814. The molecule has 1 fully saturated rings. The first-order valence-electron chi connectivity index (χ1n) is 6.54. The molecule has 0 amide bonds. The second kappa shape index (κ2) is 5.49. The summed E-state index contributed by atoms with van der Waals surface area (Å²) < 4.78 is 0. The molecule has 0 saturated heterocycles. The highest BCUT2D eigenvalue weighted by Gasteiger charge is 2.20. The molecular weight excluding hydrogens is 194 g/mol. The van der Waals surface area contributed by atoms with Crippen molar-refractivity contribution in [3.05, 3.63) is 35.4 Å². The Hall–Kier alpha value is -0.820. The third kappa shape index (κ3) is 3.08. The van der Waals surface area contributed by atoms with Gasteiger partial charge in [-0.15, -0.1) is 0 Å². The number of aryl methyl sites for hydroxylation is 1. The summed E-state index contributed by atoms with van der Waals surface area (Å²) in [5.74, 6) is 0.846. The highest BCUT2D eigenvalue weighted by Crippen LogP contribution is 2.23. The molecule has 1 aromatic rings. The Kier molecular flexibility index (Phi) is 4.00. The third-order valence-corrected chi connectivity index (χ3v) is 3.80. The normalized spacial score (nSPS) is 25.6. The summed E-state index contributed by atoms with van der Waals surface area (Å²) in [5.41, 5.74) is 2.75. The largest absolute Gasteiger partial charge is 0.310 e. The standard InChI is InChI=1S/C15H23N/c1-12-7-9-14(10-8-12)11-16-15-6-4-3-5-13(15)2/h7-10,13,15-16H,3-6,11H2,1-2H3. The Balaban J connectivity index is 1.84. The maximum atomic E-state index is 3.71. The molecule has 1 N–H and O–H groups in total. The third-order valence-electron chi connectivity index (χ3n) is 3.80. The molecule has 2 rings (SSSR count). The van der Waals surface area contributed by atoms with Crippen LogP contribution in [0.1, 0.15) is 43.7 Å². The Labute approximate surface area is 99.3 Å². The van der Waals surface area contributed by atoms with Gasteiger partial charge in [-0.2, -0.15) is 0 Å². The lowest BCUT2D eigenvalue weighted by molar-refractivity contribution is 0.279. The van der Waals surface area contributed by atoms with Crippen LogP contribution in [-0.2, 0) is 6.54 Å². The summed E-state index contributed by atoms with van der Waals surface area (Å²) in [4.78, 5) is 0. The summed E-state index contributed by atoms with van der Waals surface area (Å²) in [6.45, 7) is 5.54. The van der Waals surface area contributed by atoms with Crippen molar-refractivity contribution in [1.82, 2.24) is 5.32 Å². The second-order valence-corrected chi connectivity index (χ2v) is 5.23. The Morgan fingerprint density at radius 3 is 2.50 bits per heavy atom. The van der Waals surface area contributed by atoms with E-state index in [-0.39, 0.29) is 0 Å². The maximum absolute atomic E-state index is 3.71. The molecule has 1 aromatic carbocycles. The fraction of sp³-hybridized carbons (Fsp3) is 0.600. The minimum atomic E-state index is 0.732. The van der Waals surface area contributed by atoms with Gasteiger partial charge in [0.05, 0.1) is 0 Å². The summed E-state index contributed by atoms with van der Waals surface area (Å²) in [5, 5.41) is 3.71. The molecule has 88 valence electrons. The van der Waals surface area contributed by atoms with Crippen molar-refractivity contribution in [3.63, 3.8) is 0 Å². The molecule has 1 heteroatoms. The van der Waals surface area contributed by atoms with Crippen LogP contribution in [0.4, 0.5) is 0 Å². The highest BCUT2D eigenvalue weighted by atomic mass is 14.9. The van der Waals surface area contributed by atoms with E-state index in [2.05, 4.69) is 43.4 Å². The summed E-state index contributed by atoms with van der Waals surface area (Å²) in [7, 11) is 0. The Bertz CT molecular complexity index is 315. The lowest BCUT2D eigenvalue weighted by Gasteiger charge is -2.29. The molecule has 0 heterocycles. The minimum absolute atomic E-state index is 0.732. The van der Waals surface area contributed by atoms with E-state index in [0.29, 0.717) is 0 Å². The predicted molar refractivity (Wildman–Crippen MR) is 69.4 cm³/mol. The van der Waals surface area contributed by atoms with Crippen LogP contribution in [0.25, 0.3) is 0 Å². The first-order chi connectivity index (χ1) is 7.75. The van der Waals surface area contributed by atoms with Crippen molar-refractivity contribution in [2.75, 3.05) is 0 Å². The van der Waals surface area contributed by atoms with Gasteiger partial charge in [-0.3, -0.25) is 0 Å². The summed E-state index contributed by atoms with van der Waals surface area (Å²) in [6.07, 6.45) is 5.57. The first kappa shape index (κ1) is 11.7. The summed E-state index contributed by atoms with van der Waals surface area (Å²) in [6, 6.07) is 9.59. The van der Waals surface area contributed by atoms with Gasteiger partial charge in [0.15, 0.2) is 0 Å². The lowest BCUT2D eigenvalue weighted by atomic mass is 9.86. The number of rotatable bonds is 3. The topological polar surface area (TPSA) is 12.0 Å². The van der Waals surface area contributed by atoms with E-state index in [1.165, 1.54) is 36.8 Å². The van der Waals surface area contributed by atoms with Gasteiger partial charge in [-0.25, -0.2) is 0 Å². The number of hydrogen-bond donors (Lipinski definition) is 1. The average molecular weight is 217 g/mol. The molecule has 0 spiro atoms. The van der Waals surface area contributed by atoms with Crippen LogP contribution < -0.4 is 5.32 Å². The van der Waals surface area contributed by atoms with Gasteiger partial charge in [0.25, 0.3) is 0 Å². The van der Waals surface area contributed by atoms with E-state index in [9.17, 15) is 0 Å². The summed E-state index contributed by atoms with van der Waals surface area (Å²) >= 11 is 0. The van der Waals surface area contributed by atoms with Gasteiger partial charge in [0.2, 0.25) is 0 Å². The molecule has 0 bridgehead atoms. The van der Waals surface area contributed by atoms with Gasteiger partial charge in [-0.1, -0.05) is 49.6 Å². The molecule has 0 aromatic heterocycles. The second-order valence-electron chi connectivity index (χ2n) is 5.23. The molecular formula is C15H23N. The van der Waals surface area contributed by atoms with Crippen molar-refractivity contribution < 1.29 is 0 Å². The van der Waals surface area contributed by atoms with Crippen molar-refractivity contribution in [1.29, 1.82) is 0 Å². The molecule has 2 atom stereocenters. The van der Waals surface area contributed by atoms with E-state index in [1.807, 2.05) is 0 Å².